The summed E-state index contributed by atoms with van der Waals surface area (Å²) in [5, 5.41) is 14.8. The van der Waals surface area contributed by atoms with Crippen molar-refractivity contribution in [1.29, 1.82) is 0 Å². The first-order valence-electron chi connectivity index (χ1n) is 9.83. The highest BCUT2D eigenvalue weighted by atomic mass is 79.9. The topological polar surface area (TPSA) is 95.5 Å². The summed E-state index contributed by atoms with van der Waals surface area (Å²) in [5.74, 6) is -2.35. The molecule has 2 amide bonds. The van der Waals surface area contributed by atoms with Gasteiger partial charge in [-0.2, -0.15) is 0 Å². The van der Waals surface area contributed by atoms with Crippen molar-refractivity contribution in [1.82, 2.24) is 10.6 Å². The summed E-state index contributed by atoms with van der Waals surface area (Å²) in [6, 6.07) is 23.6. The Hall–Kier alpha value is -3.71. The van der Waals surface area contributed by atoms with Gasteiger partial charge in [-0.1, -0.05) is 82.7 Å². The van der Waals surface area contributed by atoms with Crippen LogP contribution in [-0.2, 0) is 16.0 Å². The number of amides is 2. The number of nitrogens with one attached hydrogen (secondary N) is 2. The molecule has 0 saturated carbocycles. The molecule has 32 heavy (non-hydrogen) atoms. The summed E-state index contributed by atoms with van der Waals surface area (Å²) in [6.45, 7) is 0. The molecular weight excluding hydrogens is 472 g/mol. The van der Waals surface area contributed by atoms with Crippen LogP contribution in [-0.4, -0.2) is 28.9 Å². The van der Waals surface area contributed by atoms with Crippen molar-refractivity contribution >= 4 is 39.8 Å². The molecule has 3 aromatic rings. The zero-order valence-electron chi connectivity index (χ0n) is 17.0. The SMILES string of the molecule is O=C(N[C@H](Cc1ccccc1)C(=O)O)/C(=C/c1ccccc1)NC(=O)c1cccc(Br)c1. The quantitative estimate of drug-likeness (QED) is 0.413. The van der Waals surface area contributed by atoms with Crippen LogP contribution in [0.5, 0.6) is 0 Å². The maximum atomic E-state index is 13.0. The molecule has 0 heterocycles. The Morgan fingerprint density at radius 1 is 0.906 bits per heavy atom. The van der Waals surface area contributed by atoms with Gasteiger partial charge in [0.15, 0.2) is 0 Å². The van der Waals surface area contributed by atoms with Gasteiger partial charge in [-0.15, -0.1) is 0 Å². The Morgan fingerprint density at radius 3 is 2.19 bits per heavy atom. The van der Waals surface area contributed by atoms with Gasteiger partial charge in [0.2, 0.25) is 0 Å². The van der Waals surface area contributed by atoms with Crippen molar-refractivity contribution in [2.75, 3.05) is 0 Å². The first-order chi connectivity index (χ1) is 15.4. The van der Waals surface area contributed by atoms with Crippen LogP contribution in [0.3, 0.4) is 0 Å². The van der Waals surface area contributed by atoms with Gasteiger partial charge < -0.3 is 15.7 Å². The average Bonchev–Trinajstić information content (AvgIpc) is 2.79. The van der Waals surface area contributed by atoms with Crippen LogP contribution < -0.4 is 10.6 Å². The molecule has 0 saturated heterocycles. The molecule has 162 valence electrons. The normalized spacial score (nSPS) is 12.0. The zero-order chi connectivity index (χ0) is 22.9. The van der Waals surface area contributed by atoms with E-state index in [4.69, 9.17) is 0 Å². The molecule has 0 spiro atoms. The highest BCUT2D eigenvalue weighted by molar-refractivity contribution is 9.10. The number of halogens is 1. The minimum atomic E-state index is -1.17. The fraction of sp³-hybridized carbons (Fsp3) is 0.0800. The smallest absolute Gasteiger partial charge is 0.326 e. The zero-order valence-corrected chi connectivity index (χ0v) is 18.6. The highest BCUT2D eigenvalue weighted by Gasteiger charge is 2.23. The monoisotopic (exact) mass is 492 g/mol. The third kappa shape index (κ3) is 6.65. The van der Waals surface area contributed by atoms with Crippen LogP contribution >= 0.6 is 15.9 Å². The van der Waals surface area contributed by atoms with E-state index < -0.39 is 23.8 Å². The third-order valence-corrected chi connectivity index (χ3v) is 5.07. The maximum Gasteiger partial charge on any atom is 0.326 e. The molecule has 0 aliphatic carbocycles. The minimum absolute atomic E-state index is 0.0551. The van der Waals surface area contributed by atoms with Crippen LogP contribution in [0.1, 0.15) is 21.5 Å². The van der Waals surface area contributed by atoms with Crippen LogP contribution in [0.4, 0.5) is 0 Å². The first-order valence-corrected chi connectivity index (χ1v) is 10.6. The number of carboxylic acids is 1. The lowest BCUT2D eigenvalue weighted by molar-refractivity contribution is -0.141. The van der Waals surface area contributed by atoms with E-state index >= 15 is 0 Å². The number of carbonyl (C=O) groups excluding carboxylic acids is 2. The number of aliphatic carboxylic acids is 1. The van der Waals surface area contributed by atoms with Crippen LogP contribution in [0.15, 0.2) is 95.1 Å². The van der Waals surface area contributed by atoms with E-state index in [1.807, 2.05) is 12.1 Å². The molecule has 3 aromatic carbocycles. The highest BCUT2D eigenvalue weighted by Crippen LogP contribution is 2.13. The van der Waals surface area contributed by atoms with Crippen molar-refractivity contribution in [2.24, 2.45) is 0 Å². The predicted octanol–water partition coefficient (Wildman–Crippen LogP) is 4.03. The second-order valence-electron chi connectivity index (χ2n) is 6.99. The Morgan fingerprint density at radius 2 is 1.56 bits per heavy atom. The predicted molar refractivity (Wildman–Crippen MR) is 126 cm³/mol. The Bertz CT molecular complexity index is 1130. The van der Waals surface area contributed by atoms with Gasteiger partial charge in [0.05, 0.1) is 0 Å². The van der Waals surface area contributed by atoms with Crippen molar-refractivity contribution < 1.29 is 19.5 Å². The van der Waals surface area contributed by atoms with Gasteiger partial charge in [-0.25, -0.2) is 4.79 Å². The van der Waals surface area contributed by atoms with Gasteiger partial charge >= 0.3 is 5.97 Å². The molecule has 3 N–H and O–H groups in total. The van der Waals surface area contributed by atoms with E-state index in [0.29, 0.717) is 11.1 Å². The molecular formula is C25H21BrN2O4. The lowest BCUT2D eigenvalue weighted by Gasteiger charge is -2.17. The molecule has 0 radical (unpaired) electrons. The number of hydrogen-bond donors (Lipinski definition) is 3. The van der Waals surface area contributed by atoms with E-state index in [2.05, 4.69) is 26.6 Å². The average molecular weight is 493 g/mol. The van der Waals surface area contributed by atoms with Gasteiger partial charge in [0.1, 0.15) is 11.7 Å². The van der Waals surface area contributed by atoms with Gasteiger partial charge in [0.25, 0.3) is 11.8 Å². The fourth-order valence-corrected chi connectivity index (χ4v) is 3.38. The summed E-state index contributed by atoms with van der Waals surface area (Å²) in [6.07, 6.45) is 1.62. The van der Waals surface area contributed by atoms with E-state index in [1.165, 1.54) is 6.08 Å². The third-order valence-electron chi connectivity index (χ3n) is 4.58. The second-order valence-corrected chi connectivity index (χ2v) is 7.90. The molecule has 0 unspecified atom stereocenters. The second kappa shape index (κ2) is 11.1. The Labute approximate surface area is 194 Å². The van der Waals surface area contributed by atoms with Crippen molar-refractivity contribution in [2.45, 2.75) is 12.5 Å². The summed E-state index contributed by atoms with van der Waals surface area (Å²) in [5.41, 5.74) is 1.75. The lowest BCUT2D eigenvalue weighted by atomic mass is 10.1. The number of carbonyl (C=O) groups is 3. The fourth-order valence-electron chi connectivity index (χ4n) is 2.98. The molecule has 1 atom stereocenters. The van der Waals surface area contributed by atoms with Gasteiger partial charge in [-0.05, 0) is 35.4 Å². The van der Waals surface area contributed by atoms with E-state index in [0.717, 1.165) is 10.0 Å². The van der Waals surface area contributed by atoms with Crippen molar-refractivity contribution in [3.05, 3.63) is 112 Å². The number of carboxylic acid groups (broad SMARTS) is 1. The van der Waals surface area contributed by atoms with E-state index in [9.17, 15) is 19.5 Å². The molecule has 6 nitrogen and oxygen atoms in total. The Balaban J connectivity index is 1.84. The summed E-state index contributed by atoms with van der Waals surface area (Å²) >= 11 is 3.32. The number of benzene rings is 3. The maximum absolute atomic E-state index is 13.0. The van der Waals surface area contributed by atoms with E-state index in [1.54, 1.807) is 72.8 Å². The van der Waals surface area contributed by atoms with Crippen LogP contribution in [0, 0.1) is 0 Å². The lowest BCUT2D eigenvalue weighted by Crippen LogP contribution is -2.45. The van der Waals surface area contributed by atoms with Crippen molar-refractivity contribution in [3.63, 3.8) is 0 Å². The van der Waals surface area contributed by atoms with E-state index in [-0.39, 0.29) is 12.1 Å². The van der Waals surface area contributed by atoms with Crippen LogP contribution in [0.2, 0.25) is 0 Å². The molecule has 0 fully saturated rings. The molecule has 0 aliphatic rings. The number of hydrogen-bond acceptors (Lipinski definition) is 3. The first kappa shape index (κ1) is 23.0. The van der Waals surface area contributed by atoms with Crippen molar-refractivity contribution in [3.8, 4) is 0 Å². The standard InChI is InChI=1S/C25H21BrN2O4/c26-20-13-7-12-19(16-20)23(29)27-21(14-17-8-3-1-4-9-17)24(30)28-22(25(31)32)15-18-10-5-2-6-11-18/h1-14,16,22H,15H2,(H,27,29)(H,28,30)(H,31,32)/b21-14-/t22-/m1/s1. The van der Waals surface area contributed by atoms with Gasteiger partial charge in [-0.3, -0.25) is 9.59 Å². The molecule has 3 rings (SSSR count). The molecule has 0 bridgehead atoms. The summed E-state index contributed by atoms with van der Waals surface area (Å²) in [7, 11) is 0. The summed E-state index contributed by atoms with van der Waals surface area (Å²) < 4.78 is 0.719. The number of rotatable bonds is 8. The minimum Gasteiger partial charge on any atom is -0.480 e. The largest absolute Gasteiger partial charge is 0.480 e. The molecule has 0 aromatic heterocycles. The van der Waals surface area contributed by atoms with Gasteiger partial charge in [0, 0.05) is 16.5 Å². The molecule has 0 aliphatic heterocycles. The molecule has 7 heteroatoms. The van der Waals surface area contributed by atoms with Crippen LogP contribution in [0.25, 0.3) is 6.08 Å². The Kier molecular flexibility index (Phi) is 7.94. The summed E-state index contributed by atoms with van der Waals surface area (Å²) in [4.78, 5) is 37.5.